The first-order chi connectivity index (χ1) is 8.33. The topological polar surface area (TPSA) is 15.3 Å². The largest absolute Gasteiger partial charge is 0.315 e. The highest BCUT2D eigenvalue weighted by Crippen LogP contribution is 2.20. The normalized spacial score (nSPS) is 26.0. The molecule has 1 aliphatic rings. The zero-order chi connectivity index (χ0) is 12.1. The number of hydrogen-bond acceptors (Lipinski definition) is 2. The summed E-state index contributed by atoms with van der Waals surface area (Å²) < 4.78 is 0. The lowest BCUT2D eigenvalue weighted by molar-refractivity contribution is 0.148. The molecule has 1 aromatic rings. The maximum Gasteiger partial charge on any atom is 0.0267 e. The van der Waals surface area contributed by atoms with Gasteiger partial charge in [0.25, 0.3) is 0 Å². The minimum Gasteiger partial charge on any atom is -0.315 e. The predicted molar refractivity (Wildman–Crippen MR) is 73.4 cm³/mol. The van der Waals surface area contributed by atoms with Crippen LogP contribution in [0.3, 0.4) is 0 Å². The third-order valence-electron chi connectivity index (χ3n) is 3.66. The number of halogens is 1. The van der Waals surface area contributed by atoms with Gasteiger partial charge in [0.2, 0.25) is 0 Å². The van der Waals surface area contributed by atoms with Crippen LogP contribution in [0.4, 0.5) is 0 Å². The van der Waals surface area contributed by atoms with Crippen LogP contribution in [0, 0.1) is 5.92 Å². The molecular weight excluding hydrogens is 232 g/mol. The molecule has 1 N–H and O–H groups in total. The summed E-state index contributed by atoms with van der Waals surface area (Å²) in [7, 11) is 2.04. The molecule has 0 aromatic heterocycles. The van der Waals surface area contributed by atoms with E-state index in [1.807, 2.05) is 7.05 Å². The molecule has 0 aliphatic carbocycles. The maximum absolute atomic E-state index is 6.00. The van der Waals surface area contributed by atoms with Gasteiger partial charge in [-0.1, -0.05) is 30.3 Å². The first kappa shape index (κ1) is 12.9. The molecule has 0 spiro atoms. The van der Waals surface area contributed by atoms with Crippen LogP contribution in [-0.2, 0) is 6.54 Å². The molecular formula is C14H21ClN2. The summed E-state index contributed by atoms with van der Waals surface area (Å²) in [5, 5.41) is 3.39. The summed E-state index contributed by atoms with van der Waals surface area (Å²) in [4.78, 5) is 2.51. The van der Waals surface area contributed by atoms with E-state index in [0.29, 0.717) is 12.0 Å². The average molecular weight is 253 g/mol. The van der Waals surface area contributed by atoms with Crippen molar-refractivity contribution in [2.45, 2.75) is 19.0 Å². The number of hydrogen-bond donors (Lipinski definition) is 1. The summed E-state index contributed by atoms with van der Waals surface area (Å²) in [5.74, 6) is 1.39. The number of alkyl halides is 1. The molecule has 0 bridgehead atoms. The van der Waals surface area contributed by atoms with Gasteiger partial charge in [-0.3, -0.25) is 4.90 Å². The Morgan fingerprint density at radius 1 is 1.35 bits per heavy atom. The lowest BCUT2D eigenvalue weighted by Gasteiger charge is -2.37. The fourth-order valence-electron chi connectivity index (χ4n) is 2.57. The Labute approximate surface area is 109 Å². The van der Waals surface area contributed by atoms with Crippen molar-refractivity contribution in [3.8, 4) is 0 Å². The van der Waals surface area contributed by atoms with Crippen molar-refractivity contribution in [3.05, 3.63) is 35.9 Å². The van der Waals surface area contributed by atoms with E-state index in [9.17, 15) is 0 Å². The van der Waals surface area contributed by atoms with Gasteiger partial charge >= 0.3 is 0 Å². The zero-order valence-corrected chi connectivity index (χ0v) is 11.2. The molecule has 1 aromatic carbocycles. The molecule has 0 saturated carbocycles. The van der Waals surface area contributed by atoms with Crippen LogP contribution in [0.2, 0.25) is 0 Å². The van der Waals surface area contributed by atoms with Crippen molar-refractivity contribution in [2.75, 3.05) is 26.0 Å². The van der Waals surface area contributed by atoms with Gasteiger partial charge in [-0.15, -0.1) is 11.6 Å². The van der Waals surface area contributed by atoms with E-state index < -0.39 is 0 Å². The molecule has 0 amide bonds. The van der Waals surface area contributed by atoms with E-state index in [0.717, 1.165) is 25.5 Å². The second kappa shape index (κ2) is 6.39. The van der Waals surface area contributed by atoms with Gasteiger partial charge in [0.05, 0.1) is 0 Å². The molecule has 94 valence electrons. The van der Waals surface area contributed by atoms with Crippen LogP contribution < -0.4 is 5.32 Å². The molecule has 2 nitrogen and oxygen atoms in total. The number of likely N-dealkylation sites (tertiary alicyclic amines) is 1. The smallest absolute Gasteiger partial charge is 0.0267 e. The first-order valence-electron chi connectivity index (χ1n) is 6.33. The van der Waals surface area contributed by atoms with Gasteiger partial charge in [-0.2, -0.15) is 0 Å². The quantitative estimate of drug-likeness (QED) is 0.828. The Morgan fingerprint density at radius 3 is 2.76 bits per heavy atom. The SMILES string of the molecule is CNC1CN(Cc2ccccc2)CCC1CCl. The highest BCUT2D eigenvalue weighted by atomic mass is 35.5. The molecule has 1 saturated heterocycles. The van der Waals surface area contributed by atoms with Crippen LogP contribution in [-0.4, -0.2) is 37.0 Å². The van der Waals surface area contributed by atoms with Gasteiger partial charge < -0.3 is 5.32 Å². The van der Waals surface area contributed by atoms with E-state index >= 15 is 0 Å². The fraction of sp³-hybridized carbons (Fsp3) is 0.571. The van der Waals surface area contributed by atoms with Crippen LogP contribution in [0.25, 0.3) is 0 Å². The van der Waals surface area contributed by atoms with Crippen LogP contribution in [0.15, 0.2) is 30.3 Å². The van der Waals surface area contributed by atoms with Gasteiger partial charge in [0.1, 0.15) is 0 Å². The number of piperidine rings is 1. The van der Waals surface area contributed by atoms with Crippen molar-refractivity contribution in [2.24, 2.45) is 5.92 Å². The second-order valence-corrected chi connectivity index (χ2v) is 5.13. The summed E-state index contributed by atoms with van der Waals surface area (Å²) in [5.41, 5.74) is 1.40. The highest BCUT2D eigenvalue weighted by molar-refractivity contribution is 6.18. The lowest BCUT2D eigenvalue weighted by Crippen LogP contribution is -2.50. The fourth-order valence-corrected chi connectivity index (χ4v) is 2.93. The van der Waals surface area contributed by atoms with E-state index in [-0.39, 0.29) is 0 Å². The zero-order valence-electron chi connectivity index (χ0n) is 10.4. The van der Waals surface area contributed by atoms with E-state index in [1.54, 1.807) is 0 Å². The summed E-state index contributed by atoms with van der Waals surface area (Å²) in [6, 6.07) is 11.2. The lowest BCUT2D eigenvalue weighted by atomic mass is 9.93. The van der Waals surface area contributed by atoms with Crippen LogP contribution >= 0.6 is 11.6 Å². The number of nitrogens with zero attached hydrogens (tertiary/aromatic N) is 1. The second-order valence-electron chi connectivity index (χ2n) is 4.82. The standard InChI is InChI=1S/C14H21ClN2/c1-16-14-11-17(8-7-13(14)9-15)10-12-5-3-2-4-6-12/h2-6,13-14,16H,7-11H2,1H3. The third-order valence-corrected chi connectivity index (χ3v) is 4.05. The number of nitrogens with one attached hydrogen (secondary N) is 1. The maximum atomic E-state index is 6.00. The van der Waals surface area contributed by atoms with Gasteiger partial charge in [-0.05, 0) is 31.5 Å². The Morgan fingerprint density at radius 2 is 2.12 bits per heavy atom. The van der Waals surface area contributed by atoms with E-state index in [2.05, 4.69) is 40.5 Å². The molecule has 17 heavy (non-hydrogen) atoms. The Hall–Kier alpha value is -0.570. The van der Waals surface area contributed by atoms with Crippen LogP contribution in [0.5, 0.6) is 0 Å². The van der Waals surface area contributed by atoms with E-state index in [4.69, 9.17) is 11.6 Å². The molecule has 1 fully saturated rings. The minimum absolute atomic E-state index is 0.532. The Kier molecular flexibility index (Phi) is 4.84. The highest BCUT2D eigenvalue weighted by Gasteiger charge is 2.27. The minimum atomic E-state index is 0.532. The number of benzene rings is 1. The van der Waals surface area contributed by atoms with Crippen molar-refractivity contribution in [3.63, 3.8) is 0 Å². The Balaban J connectivity index is 1.91. The summed E-state index contributed by atoms with van der Waals surface area (Å²) >= 11 is 6.00. The van der Waals surface area contributed by atoms with Crippen molar-refractivity contribution < 1.29 is 0 Å². The molecule has 2 atom stereocenters. The first-order valence-corrected chi connectivity index (χ1v) is 6.86. The van der Waals surface area contributed by atoms with Crippen molar-refractivity contribution in [1.82, 2.24) is 10.2 Å². The number of rotatable bonds is 4. The molecule has 0 radical (unpaired) electrons. The monoisotopic (exact) mass is 252 g/mol. The van der Waals surface area contributed by atoms with Gasteiger partial charge in [0.15, 0.2) is 0 Å². The summed E-state index contributed by atoms with van der Waals surface area (Å²) in [6.45, 7) is 3.31. The van der Waals surface area contributed by atoms with Crippen LogP contribution in [0.1, 0.15) is 12.0 Å². The number of likely N-dealkylation sites (N-methyl/N-ethyl adjacent to an activating group) is 1. The van der Waals surface area contributed by atoms with Gasteiger partial charge in [-0.25, -0.2) is 0 Å². The predicted octanol–water partition coefficient (Wildman–Crippen LogP) is 2.34. The third kappa shape index (κ3) is 3.44. The average Bonchev–Trinajstić information content (AvgIpc) is 2.40. The van der Waals surface area contributed by atoms with E-state index in [1.165, 1.54) is 12.0 Å². The van der Waals surface area contributed by atoms with Crippen molar-refractivity contribution in [1.29, 1.82) is 0 Å². The van der Waals surface area contributed by atoms with Gasteiger partial charge in [0, 0.05) is 25.0 Å². The molecule has 3 heteroatoms. The molecule has 2 unspecified atom stereocenters. The molecule has 2 rings (SSSR count). The molecule has 1 heterocycles. The van der Waals surface area contributed by atoms with Crippen molar-refractivity contribution >= 4 is 11.6 Å². The molecule has 1 aliphatic heterocycles. The summed E-state index contributed by atoms with van der Waals surface area (Å²) in [6.07, 6.45) is 1.20. The Bertz CT molecular complexity index is 328.